The summed E-state index contributed by atoms with van der Waals surface area (Å²) in [4.78, 5) is 11.3. The molecule has 0 amide bonds. The zero-order valence-electron chi connectivity index (χ0n) is 11.6. The fourth-order valence-electron chi connectivity index (χ4n) is 2.37. The van der Waals surface area contributed by atoms with Crippen molar-refractivity contribution in [1.82, 2.24) is 4.31 Å². The van der Waals surface area contributed by atoms with Crippen LogP contribution in [0.4, 0.5) is 0 Å². The number of aryl methyl sites for hydroxylation is 1. The van der Waals surface area contributed by atoms with E-state index >= 15 is 0 Å². The Morgan fingerprint density at radius 3 is 2.67 bits per heavy atom. The summed E-state index contributed by atoms with van der Waals surface area (Å²) < 4.78 is 31.5. The fourth-order valence-corrected chi connectivity index (χ4v) is 4.18. The highest BCUT2D eigenvalue weighted by Gasteiger charge is 2.41. The molecule has 8 heteroatoms. The van der Waals surface area contributed by atoms with Gasteiger partial charge in [0, 0.05) is 12.1 Å². The molecule has 0 radical (unpaired) electrons. The van der Waals surface area contributed by atoms with E-state index in [1.165, 1.54) is 19.2 Å². The summed E-state index contributed by atoms with van der Waals surface area (Å²) in [5, 5.41) is 9.59. The van der Waals surface area contributed by atoms with Crippen molar-refractivity contribution in [3.63, 3.8) is 0 Å². The van der Waals surface area contributed by atoms with E-state index in [1.807, 2.05) is 0 Å². The summed E-state index contributed by atoms with van der Waals surface area (Å²) in [6, 6.07) is 3.76. The van der Waals surface area contributed by atoms with Crippen LogP contribution in [0.2, 0.25) is 5.02 Å². The number of likely N-dealkylation sites (N-methyl/N-ethyl adjacent to an activating group) is 1. The molecule has 1 N–H and O–H groups in total. The Morgan fingerprint density at radius 1 is 1.43 bits per heavy atom. The monoisotopic (exact) mass is 333 g/mol. The van der Waals surface area contributed by atoms with Gasteiger partial charge in [-0.15, -0.1) is 0 Å². The van der Waals surface area contributed by atoms with E-state index in [1.54, 1.807) is 13.0 Å². The molecule has 21 heavy (non-hydrogen) atoms. The zero-order valence-corrected chi connectivity index (χ0v) is 13.2. The van der Waals surface area contributed by atoms with Gasteiger partial charge in [0.2, 0.25) is 10.0 Å². The minimum atomic E-state index is -3.80. The first kappa shape index (κ1) is 16.2. The molecule has 1 fully saturated rings. The number of aliphatic carboxylic acids is 1. The van der Waals surface area contributed by atoms with Gasteiger partial charge >= 0.3 is 5.97 Å². The van der Waals surface area contributed by atoms with Gasteiger partial charge in [-0.1, -0.05) is 11.6 Å². The fraction of sp³-hybridized carbons (Fsp3) is 0.462. The predicted molar refractivity (Wildman–Crippen MR) is 76.9 cm³/mol. The molecular formula is C13H16ClNO5S. The van der Waals surface area contributed by atoms with E-state index in [0.717, 1.165) is 4.31 Å². The Hall–Kier alpha value is -1.15. The first-order valence-corrected chi connectivity index (χ1v) is 8.11. The molecule has 1 heterocycles. The van der Waals surface area contributed by atoms with Crippen LogP contribution in [-0.4, -0.2) is 50.1 Å². The van der Waals surface area contributed by atoms with Crippen molar-refractivity contribution in [2.24, 2.45) is 5.92 Å². The number of hydrogen-bond donors (Lipinski definition) is 1. The lowest BCUT2D eigenvalue weighted by molar-refractivity contribution is -0.142. The number of ether oxygens (including phenoxy) is 1. The molecule has 1 aromatic rings. The van der Waals surface area contributed by atoms with Gasteiger partial charge in [-0.25, -0.2) is 8.42 Å². The highest BCUT2D eigenvalue weighted by molar-refractivity contribution is 7.89. The number of sulfonamides is 1. The number of nitrogens with zero attached hydrogens (tertiary/aromatic N) is 1. The maximum Gasteiger partial charge on any atom is 0.310 e. The highest BCUT2D eigenvalue weighted by Crippen LogP contribution is 2.27. The number of carbonyl (C=O) groups is 1. The Labute approximate surface area is 128 Å². The average molecular weight is 334 g/mol. The van der Waals surface area contributed by atoms with E-state index in [2.05, 4.69) is 0 Å². The molecule has 0 aliphatic carbocycles. The van der Waals surface area contributed by atoms with Gasteiger partial charge in [0.05, 0.1) is 30.1 Å². The molecule has 0 spiro atoms. The van der Waals surface area contributed by atoms with Gasteiger partial charge in [-0.3, -0.25) is 4.79 Å². The number of halogens is 1. The normalized spacial score (nSPS) is 22.7. The van der Waals surface area contributed by atoms with Crippen molar-refractivity contribution in [1.29, 1.82) is 0 Å². The molecule has 1 aromatic carbocycles. The van der Waals surface area contributed by atoms with Gasteiger partial charge in [-0.2, -0.15) is 4.31 Å². The second-order valence-electron chi connectivity index (χ2n) is 4.98. The summed E-state index contributed by atoms with van der Waals surface area (Å²) in [6.45, 7) is 1.73. The van der Waals surface area contributed by atoms with Crippen LogP contribution in [0.1, 0.15) is 5.56 Å². The molecule has 2 rings (SSSR count). The van der Waals surface area contributed by atoms with Crippen molar-refractivity contribution in [2.45, 2.75) is 17.9 Å². The van der Waals surface area contributed by atoms with Crippen LogP contribution in [-0.2, 0) is 19.6 Å². The van der Waals surface area contributed by atoms with E-state index < -0.39 is 28.0 Å². The Kier molecular flexibility index (Phi) is 4.57. The molecule has 2 atom stereocenters. The largest absolute Gasteiger partial charge is 0.481 e. The van der Waals surface area contributed by atoms with Crippen LogP contribution in [0.3, 0.4) is 0 Å². The summed E-state index contributed by atoms with van der Waals surface area (Å²) in [6.07, 6.45) is 0. The zero-order chi connectivity index (χ0) is 15.8. The predicted octanol–water partition coefficient (Wildman–Crippen LogP) is 1.37. The lowest BCUT2D eigenvalue weighted by Crippen LogP contribution is -2.44. The number of hydrogen-bond acceptors (Lipinski definition) is 4. The van der Waals surface area contributed by atoms with Gasteiger partial charge in [0.25, 0.3) is 0 Å². The lowest BCUT2D eigenvalue weighted by atomic mass is 10.1. The number of carboxylic acid groups (broad SMARTS) is 1. The van der Waals surface area contributed by atoms with Gasteiger partial charge in [0.15, 0.2) is 0 Å². The minimum absolute atomic E-state index is 0.0134. The molecular weight excluding hydrogens is 318 g/mol. The molecule has 0 bridgehead atoms. The molecule has 1 aliphatic heterocycles. The highest BCUT2D eigenvalue weighted by atomic mass is 35.5. The van der Waals surface area contributed by atoms with E-state index in [-0.39, 0.29) is 18.1 Å². The van der Waals surface area contributed by atoms with Crippen LogP contribution in [0.15, 0.2) is 23.1 Å². The SMILES string of the molecule is Cc1cc(Cl)ccc1S(=O)(=O)N(C)C1COCC1C(=O)O. The molecule has 0 saturated carbocycles. The summed E-state index contributed by atoms with van der Waals surface area (Å²) in [5.74, 6) is -1.93. The molecule has 0 aromatic heterocycles. The second kappa shape index (κ2) is 5.92. The van der Waals surface area contributed by atoms with Crippen LogP contribution in [0, 0.1) is 12.8 Å². The maximum absolute atomic E-state index is 12.7. The van der Waals surface area contributed by atoms with Crippen LogP contribution in [0.25, 0.3) is 0 Å². The quantitative estimate of drug-likeness (QED) is 0.899. The van der Waals surface area contributed by atoms with Crippen molar-refractivity contribution in [3.05, 3.63) is 28.8 Å². The molecule has 6 nitrogen and oxygen atoms in total. The van der Waals surface area contributed by atoms with Crippen molar-refractivity contribution >= 4 is 27.6 Å². The molecule has 116 valence electrons. The topological polar surface area (TPSA) is 83.9 Å². The average Bonchev–Trinajstić information content (AvgIpc) is 2.86. The number of benzene rings is 1. The van der Waals surface area contributed by atoms with E-state index in [4.69, 9.17) is 21.4 Å². The third-order valence-electron chi connectivity index (χ3n) is 3.63. The third-order valence-corrected chi connectivity index (χ3v) is 5.91. The Bertz CT molecular complexity index is 661. The maximum atomic E-state index is 12.7. The third kappa shape index (κ3) is 3.06. The van der Waals surface area contributed by atoms with Crippen molar-refractivity contribution in [3.8, 4) is 0 Å². The molecule has 1 aliphatic rings. The summed E-state index contributed by atoms with van der Waals surface area (Å²) >= 11 is 5.83. The summed E-state index contributed by atoms with van der Waals surface area (Å²) in [7, 11) is -2.43. The van der Waals surface area contributed by atoms with E-state index in [0.29, 0.717) is 10.6 Å². The van der Waals surface area contributed by atoms with Crippen LogP contribution < -0.4 is 0 Å². The second-order valence-corrected chi connectivity index (χ2v) is 7.38. The van der Waals surface area contributed by atoms with Gasteiger partial charge in [-0.05, 0) is 30.7 Å². The first-order chi connectivity index (χ1) is 9.75. The summed E-state index contributed by atoms with van der Waals surface area (Å²) in [5.41, 5.74) is 0.514. The van der Waals surface area contributed by atoms with E-state index in [9.17, 15) is 13.2 Å². The lowest BCUT2D eigenvalue weighted by Gasteiger charge is -2.26. The molecule has 1 saturated heterocycles. The number of rotatable bonds is 4. The first-order valence-electron chi connectivity index (χ1n) is 6.30. The van der Waals surface area contributed by atoms with Crippen molar-refractivity contribution < 1.29 is 23.1 Å². The number of carboxylic acids is 1. The standard InChI is InChI=1S/C13H16ClNO5S/c1-8-5-9(14)3-4-12(8)21(18,19)15(2)11-7-20-6-10(11)13(16)17/h3-5,10-11H,6-7H2,1-2H3,(H,16,17). The Balaban J connectivity index is 2.37. The molecule has 2 unspecified atom stereocenters. The minimum Gasteiger partial charge on any atom is -0.481 e. The van der Waals surface area contributed by atoms with Gasteiger partial charge in [0.1, 0.15) is 0 Å². The smallest absolute Gasteiger partial charge is 0.310 e. The van der Waals surface area contributed by atoms with Gasteiger partial charge < -0.3 is 9.84 Å². The Morgan fingerprint density at radius 2 is 2.10 bits per heavy atom. The van der Waals surface area contributed by atoms with Crippen LogP contribution >= 0.6 is 11.6 Å². The van der Waals surface area contributed by atoms with Crippen LogP contribution in [0.5, 0.6) is 0 Å². The van der Waals surface area contributed by atoms with Crippen molar-refractivity contribution in [2.75, 3.05) is 20.3 Å².